The molecule has 2 atom stereocenters. The smallest absolute Gasteiger partial charge is 0.421 e. The van der Waals surface area contributed by atoms with Crippen LogP contribution in [0.3, 0.4) is 0 Å². The largest absolute Gasteiger partial charge is 0.474 e. The number of anilines is 1. The van der Waals surface area contributed by atoms with Crippen LogP contribution in [0.5, 0.6) is 5.88 Å². The number of ether oxygens (including phenoxy) is 2. The van der Waals surface area contributed by atoms with E-state index in [2.05, 4.69) is 15.2 Å². The van der Waals surface area contributed by atoms with Crippen molar-refractivity contribution in [3.63, 3.8) is 0 Å². The highest BCUT2D eigenvalue weighted by Crippen LogP contribution is 2.41. The Morgan fingerprint density at radius 1 is 1.07 bits per heavy atom. The van der Waals surface area contributed by atoms with Gasteiger partial charge < -0.3 is 19.6 Å². The molecular weight excluding hydrogens is 410 g/mol. The molecule has 3 rings (SSSR count). The molecule has 29 heavy (non-hydrogen) atoms. The fraction of sp³-hybridized carbons (Fsp3) is 0.562. The van der Waals surface area contributed by atoms with Crippen molar-refractivity contribution >= 4 is 5.69 Å². The first-order chi connectivity index (χ1) is 13.5. The van der Waals surface area contributed by atoms with Crippen LogP contribution in [0.2, 0.25) is 0 Å². The van der Waals surface area contributed by atoms with Gasteiger partial charge in [0.15, 0.2) is 5.69 Å². The van der Waals surface area contributed by atoms with Crippen molar-refractivity contribution in [2.45, 2.75) is 44.1 Å². The first-order valence-corrected chi connectivity index (χ1v) is 8.49. The summed E-state index contributed by atoms with van der Waals surface area (Å²) in [6.45, 7) is 1.19. The van der Waals surface area contributed by atoms with Crippen molar-refractivity contribution in [1.29, 1.82) is 0 Å². The number of nitrogen functional groups attached to an aromatic ring is 1. The Hall–Kier alpha value is -2.57. The molecule has 13 heteroatoms. The minimum atomic E-state index is -4.82. The Balaban J connectivity index is 2.12. The summed E-state index contributed by atoms with van der Waals surface area (Å²) in [4.78, 5) is 3.72. The number of hydrogen-bond donors (Lipinski definition) is 1. The van der Waals surface area contributed by atoms with E-state index in [1.54, 1.807) is 0 Å². The molecule has 0 amide bonds. The fourth-order valence-electron chi connectivity index (χ4n) is 2.68. The van der Waals surface area contributed by atoms with Crippen LogP contribution < -0.4 is 10.5 Å². The van der Waals surface area contributed by atoms with Crippen molar-refractivity contribution in [3.05, 3.63) is 17.5 Å². The number of nitrogens with two attached hydrogens (primary N) is 1. The summed E-state index contributed by atoms with van der Waals surface area (Å²) in [6, 6.07) is 0.567. The van der Waals surface area contributed by atoms with Crippen LogP contribution in [0.25, 0.3) is 11.6 Å². The van der Waals surface area contributed by atoms with Gasteiger partial charge in [-0.2, -0.15) is 26.3 Å². The molecule has 0 saturated carbocycles. The zero-order valence-electron chi connectivity index (χ0n) is 15.0. The lowest BCUT2D eigenvalue weighted by molar-refractivity contribution is -0.159. The normalized spacial score (nSPS) is 21.3. The zero-order chi connectivity index (χ0) is 21.4. The van der Waals surface area contributed by atoms with Crippen LogP contribution in [-0.2, 0) is 10.9 Å². The number of fused-ring (bicyclic) bond motifs is 5. The summed E-state index contributed by atoms with van der Waals surface area (Å²) in [5, 5.41) is 6.87. The van der Waals surface area contributed by atoms with E-state index in [1.807, 2.05) is 0 Å². The monoisotopic (exact) mass is 426 g/mol. The molecule has 4 bridgehead atoms. The SMILES string of the molecule is C[C@@H]1CCOCCC(C(F)(F)F)c2nnc(o2)-c2nc(c(C(F)(F)F)cc2N)O1. The predicted molar refractivity (Wildman–Crippen MR) is 85.9 cm³/mol. The first kappa shape index (κ1) is 21.1. The molecule has 0 aromatic carbocycles. The second-order valence-electron chi connectivity index (χ2n) is 6.43. The predicted octanol–water partition coefficient (Wildman–Crippen LogP) is 3.96. The second-order valence-corrected chi connectivity index (χ2v) is 6.43. The topological polar surface area (TPSA) is 96.3 Å². The highest BCUT2D eigenvalue weighted by molar-refractivity contribution is 5.68. The summed E-state index contributed by atoms with van der Waals surface area (Å²) >= 11 is 0. The van der Waals surface area contributed by atoms with Crippen LogP contribution in [0.15, 0.2) is 10.5 Å². The highest BCUT2D eigenvalue weighted by Gasteiger charge is 2.44. The average molecular weight is 426 g/mol. The second kappa shape index (κ2) is 7.69. The summed E-state index contributed by atoms with van der Waals surface area (Å²) < 4.78 is 95.6. The third-order valence-corrected chi connectivity index (χ3v) is 4.19. The van der Waals surface area contributed by atoms with Gasteiger partial charge in [0, 0.05) is 13.0 Å². The van der Waals surface area contributed by atoms with Crippen LogP contribution in [0.1, 0.15) is 37.1 Å². The number of aromatic nitrogens is 3. The van der Waals surface area contributed by atoms with E-state index in [9.17, 15) is 26.3 Å². The number of hydrogen-bond acceptors (Lipinski definition) is 7. The molecule has 0 aliphatic carbocycles. The summed E-state index contributed by atoms with van der Waals surface area (Å²) in [6.07, 6.45) is -10.6. The van der Waals surface area contributed by atoms with Gasteiger partial charge in [-0.05, 0) is 19.4 Å². The molecule has 1 aliphatic rings. The molecule has 2 N–H and O–H groups in total. The lowest BCUT2D eigenvalue weighted by Gasteiger charge is -2.20. The molecule has 2 aromatic heterocycles. The van der Waals surface area contributed by atoms with E-state index in [0.29, 0.717) is 6.07 Å². The third-order valence-electron chi connectivity index (χ3n) is 4.19. The van der Waals surface area contributed by atoms with E-state index in [1.165, 1.54) is 6.92 Å². The number of rotatable bonds is 0. The maximum absolute atomic E-state index is 13.4. The van der Waals surface area contributed by atoms with Crippen molar-refractivity contribution in [3.8, 4) is 17.5 Å². The van der Waals surface area contributed by atoms with Crippen LogP contribution >= 0.6 is 0 Å². The van der Waals surface area contributed by atoms with Gasteiger partial charge in [0.05, 0.1) is 18.4 Å². The molecule has 1 aliphatic heterocycles. The lowest BCUT2D eigenvalue weighted by Crippen LogP contribution is -2.23. The number of pyridine rings is 1. The minimum Gasteiger partial charge on any atom is -0.474 e. The van der Waals surface area contributed by atoms with Crippen LogP contribution in [0, 0.1) is 0 Å². The van der Waals surface area contributed by atoms with Gasteiger partial charge in [0.25, 0.3) is 5.89 Å². The molecule has 7 nitrogen and oxygen atoms in total. The molecule has 0 fully saturated rings. The Morgan fingerprint density at radius 2 is 1.76 bits per heavy atom. The Kier molecular flexibility index (Phi) is 5.61. The Bertz CT molecular complexity index is 867. The van der Waals surface area contributed by atoms with Crippen LogP contribution in [0.4, 0.5) is 32.0 Å². The molecule has 0 spiro atoms. The quantitative estimate of drug-likeness (QED) is 0.637. The Labute approximate surface area is 160 Å². The van der Waals surface area contributed by atoms with Gasteiger partial charge in [-0.1, -0.05) is 0 Å². The fourth-order valence-corrected chi connectivity index (χ4v) is 2.68. The summed E-state index contributed by atoms with van der Waals surface area (Å²) in [5.74, 6) is -4.20. The zero-order valence-corrected chi connectivity index (χ0v) is 15.0. The molecule has 160 valence electrons. The summed E-state index contributed by atoms with van der Waals surface area (Å²) in [7, 11) is 0. The maximum atomic E-state index is 13.4. The first-order valence-electron chi connectivity index (χ1n) is 8.49. The number of halogens is 6. The van der Waals surface area contributed by atoms with Gasteiger partial charge in [0.1, 0.15) is 11.5 Å². The van der Waals surface area contributed by atoms with Gasteiger partial charge >= 0.3 is 12.4 Å². The van der Waals surface area contributed by atoms with E-state index < -0.39 is 65.4 Å². The minimum absolute atomic E-state index is 0.0238. The number of alkyl halides is 6. The molecular formula is C16H16F6N4O3. The molecule has 0 saturated heterocycles. The van der Waals surface area contributed by atoms with Gasteiger partial charge in [-0.3, -0.25) is 0 Å². The Morgan fingerprint density at radius 3 is 2.41 bits per heavy atom. The molecule has 1 unspecified atom stereocenters. The molecule has 3 heterocycles. The van der Waals surface area contributed by atoms with E-state index in [-0.39, 0.29) is 19.6 Å². The molecule has 2 aromatic rings. The van der Waals surface area contributed by atoms with Gasteiger partial charge in [0.2, 0.25) is 11.8 Å². The average Bonchev–Trinajstić information content (AvgIpc) is 3.05. The van der Waals surface area contributed by atoms with Crippen molar-refractivity contribution in [2.24, 2.45) is 0 Å². The van der Waals surface area contributed by atoms with Crippen molar-refractivity contribution in [2.75, 3.05) is 18.9 Å². The maximum Gasteiger partial charge on any atom is 0.421 e. The summed E-state index contributed by atoms with van der Waals surface area (Å²) in [5.41, 5.74) is 3.52. The number of nitrogens with zero attached hydrogens (tertiary/aromatic N) is 3. The van der Waals surface area contributed by atoms with E-state index in [4.69, 9.17) is 19.6 Å². The highest BCUT2D eigenvalue weighted by atomic mass is 19.4. The molecule has 0 radical (unpaired) electrons. The van der Waals surface area contributed by atoms with E-state index >= 15 is 0 Å². The van der Waals surface area contributed by atoms with Crippen LogP contribution in [-0.4, -0.2) is 40.7 Å². The van der Waals surface area contributed by atoms with Crippen molar-refractivity contribution < 1.29 is 40.2 Å². The lowest BCUT2D eigenvalue weighted by atomic mass is 10.1. The van der Waals surface area contributed by atoms with Crippen molar-refractivity contribution in [1.82, 2.24) is 15.2 Å². The van der Waals surface area contributed by atoms with Gasteiger partial charge in [-0.25, -0.2) is 4.98 Å². The van der Waals surface area contributed by atoms with E-state index in [0.717, 1.165) is 0 Å². The standard InChI is InChI=1S/C16H16F6N4O3/c1-7-2-4-27-5-3-8(15(17,18)19)13-25-26-14(29-13)11-10(23)6-9(16(20,21)22)12(24-11)28-7/h6-8H,2-5,23H2,1H3/t7-,8?/m1/s1. The van der Waals surface area contributed by atoms with Gasteiger partial charge in [-0.15, -0.1) is 10.2 Å². The third kappa shape index (κ3) is 4.71.